The molecule has 0 atom stereocenters. The molecular weight excluding hydrogens is 236 g/mol. The van der Waals surface area contributed by atoms with Gasteiger partial charge >= 0.3 is 0 Å². The molecule has 1 aliphatic heterocycles. The zero-order valence-corrected chi connectivity index (χ0v) is 10.1. The molecule has 0 unspecified atom stereocenters. The fourth-order valence-electron chi connectivity index (χ4n) is 2.03. The monoisotopic (exact) mass is 246 g/mol. The second kappa shape index (κ2) is 4.43. The van der Waals surface area contributed by atoms with Crippen LogP contribution in [0.25, 0.3) is 0 Å². The van der Waals surface area contributed by atoms with Crippen molar-refractivity contribution in [3.8, 4) is 12.3 Å². The first kappa shape index (κ1) is 11.2. The molecule has 0 saturated heterocycles. The van der Waals surface area contributed by atoms with Crippen LogP contribution in [0, 0.1) is 12.3 Å². The predicted octanol–water partition coefficient (Wildman–Crippen LogP) is 2.74. The van der Waals surface area contributed by atoms with Crippen molar-refractivity contribution in [2.75, 3.05) is 5.32 Å². The number of amides is 1. The highest BCUT2D eigenvalue weighted by atomic mass is 16.2. The molecule has 90 valence electrons. The van der Waals surface area contributed by atoms with Gasteiger partial charge in [0.15, 0.2) is 0 Å². The van der Waals surface area contributed by atoms with Crippen LogP contribution in [0.5, 0.6) is 0 Å². The van der Waals surface area contributed by atoms with E-state index in [0.717, 1.165) is 11.3 Å². The number of terminal acetylenes is 1. The van der Waals surface area contributed by atoms with Gasteiger partial charge in [0.1, 0.15) is 5.71 Å². The third-order valence-electron chi connectivity index (χ3n) is 2.94. The molecule has 3 heteroatoms. The summed E-state index contributed by atoms with van der Waals surface area (Å²) in [5.41, 5.74) is 3.29. The SMILES string of the molecule is C#Cc1ccccc1N=C1C(=O)Nc2ccccc21. The molecule has 19 heavy (non-hydrogen) atoms. The largest absolute Gasteiger partial charge is 0.320 e. The zero-order valence-electron chi connectivity index (χ0n) is 10.1. The van der Waals surface area contributed by atoms with Crippen molar-refractivity contribution in [3.63, 3.8) is 0 Å². The highest BCUT2D eigenvalue weighted by Crippen LogP contribution is 2.26. The maximum Gasteiger partial charge on any atom is 0.275 e. The van der Waals surface area contributed by atoms with Crippen LogP contribution in [0.4, 0.5) is 11.4 Å². The van der Waals surface area contributed by atoms with E-state index in [1.165, 1.54) is 0 Å². The molecule has 0 aliphatic carbocycles. The van der Waals surface area contributed by atoms with Crippen LogP contribution in [0.3, 0.4) is 0 Å². The third-order valence-corrected chi connectivity index (χ3v) is 2.94. The minimum Gasteiger partial charge on any atom is -0.320 e. The molecule has 0 saturated carbocycles. The van der Waals surface area contributed by atoms with Gasteiger partial charge in [-0.3, -0.25) is 4.79 Å². The number of fused-ring (bicyclic) bond motifs is 1. The van der Waals surface area contributed by atoms with Gasteiger partial charge in [-0.15, -0.1) is 6.42 Å². The Morgan fingerprint density at radius 2 is 1.79 bits per heavy atom. The molecule has 1 amide bonds. The average Bonchev–Trinajstić information content (AvgIpc) is 2.76. The van der Waals surface area contributed by atoms with Crippen molar-refractivity contribution >= 4 is 23.0 Å². The maximum atomic E-state index is 11.9. The van der Waals surface area contributed by atoms with E-state index >= 15 is 0 Å². The van der Waals surface area contributed by atoms with Crippen molar-refractivity contribution in [1.82, 2.24) is 0 Å². The van der Waals surface area contributed by atoms with Gasteiger partial charge in [0.05, 0.1) is 11.4 Å². The summed E-state index contributed by atoms with van der Waals surface area (Å²) >= 11 is 0. The number of nitrogens with zero attached hydrogens (tertiary/aromatic N) is 1. The molecule has 1 heterocycles. The van der Waals surface area contributed by atoms with E-state index in [1.54, 1.807) is 12.1 Å². The number of para-hydroxylation sites is 2. The molecule has 1 aliphatic rings. The Bertz CT molecular complexity index is 738. The van der Waals surface area contributed by atoms with Gasteiger partial charge in [0.2, 0.25) is 0 Å². The number of carbonyl (C=O) groups excluding carboxylic acids is 1. The second-order valence-electron chi connectivity index (χ2n) is 4.12. The number of aliphatic imine (C=N–C) groups is 1. The van der Waals surface area contributed by atoms with Crippen molar-refractivity contribution < 1.29 is 4.79 Å². The fraction of sp³-hybridized carbons (Fsp3) is 0. The van der Waals surface area contributed by atoms with E-state index in [-0.39, 0.29) is 5.91 Å². The van der Waals surface area contributed by atoms with E-state index < -0.39 is 0 Å². The Hall–Kier alpha value is -2.86. The molecule has 2 aromatic rings. The lowest BCUT2D eigenvalue weighted by Gasteiger charge is -2.00. The average molecular weight is 246 g/mol. The van der Waals surface area contributed by atoms with Gasteiger partial charge in [0, 0.05) is 11.1 Å². The molecule has 3 rings (SSSR count). The first-order valence-electron chi connectivity index (χ1n) is 5.84. The number of anilines is 1. The highest BCUT2D eigenvalue weighted by Gasteiger charge is 2.25. The van der Waals surface area contributed by atoms with Crippen LogP contribution in [-0.4, -0.2) is 11.6 Å². The minimum absolute atomic E-state index is 0.201. The summed E-state index contributed by atoms with van der Waals surface area (Å²) in [5.74, 6) is 2.37. The Labute approximate surface area is 111 Å². The molecule has 0 bridgehead atoms. The van der Waals surface area contributed by atoms with Gasteiger partial charge in [0.25, 0.3) is 5.91 Å². The zero-order chi connectivity index (χ0) is 13.2. The van der Waals surface area contributed by atoms with Crippen molar-refractivity contribution in [1.29, 1.82) is 0 Å². The first-order valence-corrected chi connectivity index (χ1v) is 5.84. The number of carbonyl (C=O) groups is 1. The normalized spacial score (nSPS) is 14.9. The van der Waals surface area contributed by atoms with E-state index in [0.29, 0.717) is 17.0 Å². The quantitative estimate of drug-likeness (QED) is 0.772. The summed E-state index contributed by atoms with van der Waals surface area (Å²) in [5, 5.41) is 2.78. The lowest BCUT2D eigenvalue weighted by Crippen LogP contribution is -2.13. The molecule has 0 radical (unpaired) electrons. The summed E-state index contributed by atoms with van der Waals surface area (Å²) in [6.07, 6.45) is 5.43. The predicted molar refractivity (Wildman–Crippen MR) is 75.6 cm³/mol. The Morgan fingerprint density at radius 3 is 2.63 bits per heavy atom. The van der Waals surface area contributed by atoms with Crippen LogP contribution in [0.2, 0.25) is 0 Å². The lowest BCUT2D eigenvalue weighted by molar-refractivity contribution is -0.110. The minimum atomic E-state index is -0.201. The molecule has 1 N–H and O–H groups in total. The van der Waals surface area contributed by atoms with Gasteiger partial charge in [-0.05, 0) is 18.2 Å². The van der Waals surface area contributed by atoms with E-state index in [1.807, 2.05) is 36.4 Å². The Kier molecular flexibility index (Phi) is 2.62. The first-order chi connectivity index (χ1) is 9.29. The van der Waals surface area contributed by atoms with Gasteiger partial charge < -0.3 is 5.32 Å². The Balaban J connectivity index is 2.15. The number of hydrogen-bond acceptors (Lipinski definition) is 2. The van der Waals surface area contributed by atoms with Gasteiger partial charge in [-0.2, -0.15) is 0 Å². The van der Waals surface area contributed by atoms with E-state index in [2.05, 4.69) is 16.2 Å². The second-order valence-corrected chi connectivity index (χ2v) is 4.12. The molecule has 2 aromatic carbocycles. The Morgan fingerprint density at radius 1 is 1.05 bits per heavy atom. The summed E-state index contributed by atoms with van der Waals surface area (Å²) in [4.78, 5) is 16.4. The standard InChI is InChI=1S/C16H10N2O/c1-2-11-7-3-5-9-13(11)17-15-12-8-4-6-10-14(12)18-16(15)19/h1,3-10H,(H,17,18,19). The van der Waals surface area contributed by atoms with Crippen molar-refractivity contribution in [2.45, 2.75) is 0 Å². The molecule has 0 aromatic heterocycles. The van der Waals surface area contributed by atoms with Gasteiger partial charge in [-0.1, -0.05) is 36.3 Å². The van der Waals surface area contributed by atoms with Crippen LogP contribution in [-0.2, 0) is 4.79 Å². The molecule has 0 fully saturated rings. The maximum absolute atomic E-state index is 11.9. The molecular formula is C16H10N2O. The van der Waals surface area contributed by atoms with Crippen LogP contribution in [0.1, 0.15) is 11.1 Å². The summed E-state index contributed by atoms with van der Waals surface area (Å²) in [7, 11) is 0. The summed E-state index contributed by atoms with van der Waals surface area (Å²) in [6.45, 7) is 0. The lowest BCUT2D eigenvalue weighted by atomic mass is 10.1. The third kappa shape index (κ3) is 1.90. The van der Waals surface area contributed by atoms with E-state index in [4.69, 9.17) is 6.42 Å². The topological polar surface area (TPSA) is 41.5 Å². The summed E-state index contributed by atoms with van der Waals surface area (Å²) < 4.78 is 0. The van der Waals surface area contributed by atoms with Gasteiger partial charge in [-0.25, -0.2) is 4.99 Å². The number of rotatable bonds is 1. The summed E-state index contributed by atoms with van der Waals surface area (Å²) in [6, 6.07) is 14.8. The molecule has 0 spiro atoms. The van der Waals surface area contributed by atoms with Crippen LogP contribution < -0.4 is 5.32 Å². The van der Waals surface area contributed by atoms with E-state index in [9.17, 15) is 4.79 Å². The number of hydrogen-bond donors (Lipinski definition) is 1. The highest BCUT2D eigenvalue weighted by molar-refractivity contribution is 6.54. The number of benzene rings is 2. The fourth-order valence-corrected chi connectivity index (χ4v) is 2.03. The van der Waals surface area contributed by atoms with Crippen LogP contribution >= 0.6 is 0 Å². The van der Waals surface area contributed by atoms with Crippen molar-refractivity contribution in [2.24, 2.45) is 4.99 Å². The molecule has 3 nitrogen and oxygen atoms in total. The van der Waals surface area contributed by atoms with Crippen molar-refractivity contribution in [3.05, 3.63) is 59.7 Å². The van der Waals surface area contributed by atoms with Crippen LogP contribution in [0.15, 0.2) is 53.5 Å². The number of nitrogens with one attached hydrogen (secondary N) is 1. The smallest absolute Gasteiger partial charge is 0.275 e.